The summed E-state index contributed by atoms with van der Waals surface area (Å²) >= 11 is 0. The van der Waals surface area contributed by atoms with Crippen LogP contribution in [0.4, 0.5) is 9.18 Å². The molecule has 0 radical (unpaired) electrons. The summed E-state index contributed by atoms with van der Waals surface area (Å²) in [6.45, 7) is 2.27. The largest absolute Gasteiger partial charge is 0.431 e. The maximum absolute atomic E-state index is 14.6. The zero-order valence-corrected chi connectivity index (χ0v) is 31.3. The SMILES string of the molecule is C[C@@](O)(C(=O)N1CCC[C@H]1c1ncc(-c2ccc(-c3ccc(-c4cnc([C@@H]5CCCN5C(=O)[C@H](OC(N)=O)c5ccccc5)[nH]4)cc3)cc2)[nH]1)c1ccccc1F. The molecule has 4 aromatic carbocycles. The first-order valence-electron chi connectivity index (χ1n) is 19.0. The lowest BCUT2D eigenvalue weighted by molar-refractivity contribution is -0.152. The van der Waals surface area contributed by atoms with Crippen molar-refractivity contribution in [2.75, 3.05) is 13.1 Å². The molecule has 13 heteroatoms. The van der Waals surface area contributed by atoms with E-state index in [0.717, 1.165) is 46.5 Å². The van der Waals surface area contributed by atoms with Crippen molar-refractivity contribution in [2.24, 2.45) is 5.73 Å². The predicted octanol–water partition coefficient (Wildman–Crippen LogP) is 7.34. The van der Waals surface area contributed by atoms with Gasteiger partial charge in [-0.25, -0.2) is 19.2 Å². The number of rotatable bonds is 10. The van der Waals surface area contributed by atoms with E-state index in [1.54, 1.807) is 52.5 Å². The molecule has 2 fully saturated rings. The molecule has 2 aliphatic heterocycles. The topological polar surface area (TPSA) is 171 Å². The number of carbonyl (C=O) groups is 3. The van der Waals surface area contributed by atoms with E-state index in [0.29, 0.717) is 43.1 Å². The summed E-state index contributed by atoms with van der Waals surface area (Å²) in [6.07, 6.45) is 4.25. The molecule has 6 aromatic rings. The minimum absolute atomic E-state index is 0.0551. The van der Waals surface area contributed by atoms with Crippen molar-refractivity contribution in [1.82, 2.24) is 29.7 Å². The Bertz CT molecular complexity index is 2390. The lowest BCUT2D eigenvalue weighted by Gasteiger charge is -2.31. The van der Waals surface area contributed by atoms with Crippen LogP contribution in [0, 0.1) is 5.82 Å². The Labute approximate surface area is 328 Å². The summed E-state index contributed by atoms with van der Waals surface area (Å²) in [5.41, 5.74) is 9.31. The van der Waals surface area contributed by atoms with Gasteiger partial charge >= 0.3 is 6.09 Å². The number of H-pyrrole nitrogens is 2. The lowest BCUT2D eigenvalue weighted by Crippen LogP contribution is -2.45. The summed E-state index contributed by atoms with van der Waals surface area (Å²) < 4.78 is 19.8. The van der Waals surface area contributed by atoms with Crippen LogP contribution in [0.25, 0.3) is 33.6 Å². The second kappa shape index (κ2) is 15.5. The predicted molar refractivity (Wildman–Crippen MR) is 210 cm³/mol. The summed E-state index contributed by atoms with van der Waals surface area (Å²) in [5.74, 6) is -0.263. The monoisotopic (exact) mass is 767 g/mol. The van der Waals surface area contributed by atoms with Crippen LogP contribution in [0.2, 0.25) is 0 Å². The van der Waals surface area contributed by atoms with E-state index in [1.807, 2.05) is 54.6 Å². The summed E-state index contributed by atoms with van der Waals surface area (Å²) in [6, 6.07) is 30.2. The number of imidazole rings is 2. The van der Waals surface area contributed by atoms with E-state index in [4.69, 9.17) is 10.5 Å². The minimum Gasteiger partial charge on any atom is -0.431 e. The number of likely N-dealkylation sites (tertiary alicyclic amines) is 2. The van der Waals surface area contributed by atoms with E-state index in [-0.39, 0.29) is 23.6 Å². The number of nitrogens with zero attached hydrogens (tertiary/aromatic N) is 4. The van der Waals surface area contributed by atoms with Gasteiger partial charge in [0, 0.05) is 24.2 Å². The van der Waals surface area contributed by atoms with Crippen LogP contribution in [-0.2, 0) is 19.9 Å². The molecule has 0 spiro atoms. The smallest absolute Gasteiger partial charge is 0.405 e. The number of halogens is 1. The average Bonchev–Trinajstić information content (AvgIpc) is 4.07. The molecule has 0 unspecified atom stereocenters. The van der Waals surface area contributed by atoms with Crippen LogP contribution < -0.4 is 5.73 Å². The second-order valence-electron chi connectivity index (χ2n) is 14.6. The molecule has 2 saturated heterocycles. The van der Waals surface area contributed by atoms with Crippen LogP contribution in [0.5, 0.6) is 0 Å². The maximum Gasteiger partial charge on any atom is 0.405 e. The highest BCUT2D eigenvalue weighted by Crippen LogP contribution is 2.38. The van der Waals surface area contributed by atoms with Gasteiger partial charge < -0.3 is 35.3 Å². The van der Waals surface area contributed by atoms with Crippen molar-refractivity contribution < 1.29 is 28.6 Å². The highest BCUT2D eigenvalue weighted by molar-refractivity contribution is 5.87. The molecular weight excluding hydrogens is 726 g/mol. The third-order valence-electron chi connectivity index (χ3n) is 11.0. The van der Waals surface area contributed by atoms with Gasteiger partial charge in [-0.15, -0.1) is 0 Å². The molecule has 0 saturated carbocycles. The normalized spacial score (nSPS) is 18.3. The van der Waals surface area contributed by atoms with E-state index >= 15 is 0 Å². The number of benzene rings is 4. The van der Waals surface area contributed by atoms with Crippen LogP contribution in [0.1, 0.15) is 73.6 Å². The third kappa shape index (κ3) is 7.41. The first-order chi connectivity index (χ1) is 27.6. The molecule has 12 nitrogen and oxygen atoms in total. The number of aliphatic hydroxyl groups is 1. The molecule has 2 aromatic heterocycles. The third-order valence-corrected chi connectivity index (χ3v) is 11.0. The van der Waals surface area contributed by atoms with Crippen LogP contribution in [0.3, 0.4) is 0 Å². The van der Waals surface area contributed by atoms with E-state index in [2.05, 4.69) is 19.9 Å². The van der Waals surface area contributed by atoms with Gasteiger partial charge in [-0.1, -0.05) is 97.1 Å². The number of primary amides is 1. The second-order valence-corrected chi connectivity index (χ2v) is 14.6. The van der Waals surface area contributed by atoms with Crippen molar-refractivity contribution in [3.05, 3.63) is 144 Å². The van der Waals surface area contributed by atoms with Crippen molar-refractivity contribution in [2.45, 2.75) is 56.4 Å². The van der Waals surface area contributed by atoms with Gasteiger partial charge in [0.15, 0.2) is 5.60 Å². The Morgan fingerprint density at radius 2 is 1.25 bits per heavy atom. The number of nitrogens with two attached hydrogens (primary N) is 1. The maximum atomic E-state index is 14.6. The Balaban J connectivity index is 0.931. The molecule has 4 atom stereocenters. The van der Waals surface area contributed by atoms with Crippen molar-refractivity contribution >= 4 is 17.9 Å². The molecule has 0 aliphatic carbocycles. The number of aromatic nitrogens is 4. The number of carbonyl (C=O) groups excluding carboxylic acids is 3. The van der Waals surface area contributed by atoms with Gasteiger partial charge in [0.05, 0.1) is 35.9 Å². The Kier molecular flexibility index (Phi) is 10.2. The Morgan fingerprint density at radius 1 is 0.754 bits per heavy atom. The molecule has 57 heavy (non-hydrogen) atoms. The number of hydrogen-bond donors (Lipinski definition) is 4. The minimum atomic E-state index is -2.02. The summed E-state index contributed by atoms with van der Waals surface area (Å²) in [7, 11) is 0. The van der Waals surface area contributed by atoms with Gasteiger partial charge in [0.1, 0.15) is 17.5 Å². The van der Waals surface area contributed by atoms with E-state index < -0.39 is 29.5 Å². The van der Waals surface area contributed by atoms with E-state index in [9.17, 15) is 23.9 Å². The fraction of sp³-hybridized carbons (Fsp3) is 0.250. The highest BCUT2D eigenvalue weighted by Gasteiger charge is 2.43. The number of amides is 3. The molecule has 4 heterocycles. The molecule has 5 N–H and O–H groups in total. The van der Waals surface area contributed by atoms with E-state index in [1.165, 1.54) is 25.1 Å². The van der Waals surface area contributed by atoms with Crippen LogP contribution in [-0.4, -0.2) is 65.8 Å². The molecule has 290 valence electrons. The highest BCUT2D eigenvalue weighted by atomic mass is 19.1. The van der Waals surface area contributed by atoms with Gasteiger partial charge in [0.2, 0.25) is 6.10 Å². The van der Waals surface area contributed by atoms with Crippen molar-refractivity contribution in [1.29, 1.82) is 0 Å². The fourth-order valence-corrected chi connectivity index (χ4v) is 8.01. The molecular formula is C44H42FN7O5. The first kappa shape index (κ1) is 37.3. The molecule has 3 amide bonds. The lowest BCUT2D eigenvalue weighted by atomic mass is 9.93. The fourth-order valence-electron chi connectivity index (χ4n) is 8.01. The molecule has 2 aliphatic rings. The van der Waals surface area contributed by atoms with Gasteiger partial charge in [-0.3, -0.25) is 9.59 Å². The molecule has 8 rings (SSSR count). The summed E-state index contributed by atoms with van der Waals surface area (Å²) in [4.78, 5) is 58.3. The van der Waals surface area contributed by atoms with Crippen LogP contribution in [0.15, 0.2) is 116 Å². The average molecular weight is 768 g/mol. The quantitative estimate of drug-likeness (QED) is 0.113. The number of ether oxygens (including phenoxy) is 1. The van der Waals surface area contributed by atoms with Gasteiger partial charge in [-0.2, -0.15) is 0 Å². The van der Waals surface area contributed by atoms with Crippen molar-refractivity contribution in [3.63, 3.8) is 0 Å². The number of nitrogens with one attached hydrogen (secondary N) is 2. The number of aromatic amines is 2. The van der Waals surface area contributed by atoms with Crippen LogP contribution >= 0.6 is 0 Å². The zero-order valence-electron chi connectivity index (χ0n) is 31.3. The number of hydrogen-bond acceptors (Lipinski definition) is 7. The zero-order chi connectivity index (χ0) is 39.7. The van der Waals surface area contributed by atoms with Gasteiger partial charge in [-0.05, 0) is 60.9 Å². The summed E-state index contributed by atoms with van der Waals surface area (Å²) in [5, 5.41) is 11.2. The Morgan fingerprint density at radius 3 is 1.79 bits per heavy atom. The Hall–Kier alpha value is -6.60. The van der Waals surface area contributed by atoms with Gasteiger partial charge in [0.25, 0.3) is 11.8 Å². The first-order valence-corrected chi connectivity index (χ1v) is 19.0. The standard InChI is InChI=1S/C44H42FN7O5/c1-44(56,32-11-5-6-12-33(32)45)42(54)52-24-8-14-37(52)40-48-26-35(50-40)30-21-17-28(18-22-30)27-15-19-29(20-16-27)34-25-47-39(49-34)36-13-7-23-51(36)41(53)38(57-43(46)55)31-9-3-2-4-10-31/h2-6,9-12,15-22,25-26,36-38,56H,7-8,13-14,23-24H2,1H3,(H2,46,55)(H,47,49)(H,48,50)/t36-,37-,38+,44-/m0/s1. The van der Waals surface area contributed by atoms with Crippen molar-refractivity contribution in [3.8, 4) is 33.6 Å². The molecule has 0 bridgehead atoms.